The van der Waals surface area contributed by atoms with E-state index in [-0.39, 0.29) is 30.5 Å². The molecular formula is C23H23FN4O2S. The van der Waals surface area contributed by atoms with E-state index in [4.69, 9.17) is 0 Å². The van der Waals surface area contributed by atoms with E-state index in [0.29, 0.717) is 37.0 Å². The smallest absolute Gasteiger partial charge is 0.230 e. The molecule has 2 aromatic carbocycles. The number of anilines is 2. The van der Waals surface area contributed by atoms with Crippen LogP contribution in [-0.4, -0.2) is 47.9 Å². The molecule has 0 unspecified atom stereocenters. The Bertz CT molecular complexity index is 1030. The summed E-state index contributed by atoms with van der Waals surface area (Å²) in [4.78, 5) is 33.2. The van der Waals surface area contributed by atoms with Crippen LogP contribution in [0.2, 0.25) is 0 Å². The number of thiazole rings is 1. The zero-order valence-electron chi connectivity index (χ0n) is 17.0. The van der Waals surface area contributed by atoms with Gasteiger partial charge in [0.25, 0.3) is 0 Å². The second kappa shape index (κ2) is 9.70. The van der Waals surface area contributed by atoms with Gasteiger partial charge in [0, 0.05) is 37.2 Å². The van der Waals surface area contributed by atoms with E-state index in [1.807, 2.05) is 40.6 Å². The topological polar surface area (TPSA) is 65.5 Å². The number of nitrogens with one attached hydrogen (secondary N) is 1. The fourth-order valence-corrected chi connectivity index (χ4v) is 4.25. The van der Waals surface area contributed by atoms with Crippen LogP contribution in [0.4, 0.5) is 15.2 Å². The van der Waals surface area contributed by atoms with Crippen molar-refractivity contribution >= 4 is 34.0 Å². The maximum absolute atomic E-state index is 13.1. The van der Waals surface area contributed by atoms with Gasteiger partial charge in [0.15, 0.2) is 5.13 Å². The number of halogens is 1. The zero-order chi connectivity index (χ0) is 21.6. The molecule has 4 rings (SSSR count). The lowest BCUT2D eigenvalue weighted by Crippen LogP contribution is -2.49. The first kappa shape index (κ1) is 21.0. The minimum absolute atomic E-state index is 0.0196. The van der Waals surface area contributed by atoms with Crippen LogP contribution < -0.4 is 10.2 Å². The van der Waals surface area contributed by atoms with Gasteiger partial charge in [-0.25, -0.2) is 9.37 Å². The highest BCUT2D eigenvalue weighted by atomic mass is 32.1. The molecular weight excluding hydrogens is 415 g/mol. The molecule has 31 heavy (non-hydrogen) atoms. The van der Waals surface area contributed by atoms with Gasteiger partial charge in [-0.2, -0.15) is 0 Å². The number of piperazine rings is 1. The fourth-order valence-electron chi connectivity index (χ4n) is 3.52. The Morgan fingerprint density at radius 2 is 1.68 bits per heavy atom. The molecule has 1 fully saturated rings. The quantitative estimate of drug-likeness (QED) is 0.641. The number of carbonyl (C=O) groups excluding carboxylic acids is 2. The van der Waals surface area contributed by atoms with Crippen molar-refractivity contribution in [2.75, 3.05) is 36.4 Å². The lowest BCUT2D eigenvalue weighted by molar-refractivity contribution is -0.130. The summed E-state index contributed by atoms with van der Waals surface area (Å²) in [5.41, 5.74) is 2.56. The standard InChI is InChI=1S/C23H23FN4O2S/c24-18-6-8-20(9-7-18)27-10-12-28(13-11-27)22(30)15-19-16-31-23(25-19)26-21(29)14-17-4-2-1-3-5-17/h1-9,16H,10-15H2,(H,25,26,29). The van der Waals surface area contributed by atoms with Gasteiger partial charge in [0.05, 0.1) is 18.5 Å². The molecule has 0 radical (unpaired) electrons. The Hall–Kier alpha value is -3.26. The van der Waals surface area contributed by atoms with Crippen LogP contribution >= 0.6 is 11.3 Å². The summed E-state index contributed by atoms with van der Waals surface area (Å²) in [5, 5.41) is 5.12. The molecule has 6 nitrogen and oxygen atoms in total. The number of carbonyl (C=O) groups is 2. The Labute approximate surface area is 184 Å². The summed E-state index contributed by atoms with van der Waals surface area (Å²) in [6.07, 6.45) is 0.495. The van der Waals surface area contributed by atoms with Crippen LogP contribution in [0.1, 0.15) is 11.3 Å². The molecule has 0 atom stereocenters. The van der Waals surface area contributed by atoms with Crippen LogP contribution in [-0.2, 0) is 22.4 Å². The van der Waals surface area contributed by atoms with Gasteiger partial charge in [-0.05, 0) is 29.8 Å². The predicted molar refractivity (Wildman–Crippen MR) is 120 cm³/mol. The minimum Gasteiger partial charge on any atom is -0.368 e. The molecule has 2 heterocycles. The SMILES string of the molecule is O=C(Cc1ccccc1)Nc1nc(CC(=O)N2CCN(c3ccc(F)cc3)CC2)cs1. The van der Waals surface area contributed by atoms with E-state index in [0.717, 1.165) is 11.3 Å². The number of benzene rings is 2. The number of rotatable bonds is 6. The van der Waals surface area contributed by atoms with Crippen molar-refractivity contribution in [2.45, 2.75) is 12.8 Å². The van der Waals surface area contributed by atoms with Gasteiger partial charge >= 0.3 is 0 Å². The highest BCUT2D eigenvalue weighted by Crippen LogP contribution is 2.19. The summed E-state index contributed by atoms with van der Waals surface area (Å²) in [6.45, 7) is 2.63. The van der Waals surface area contributed by atoms with Crippen LogP contribution in [0.5, 0.6) is 0 Å². The Morgan fingerprint density at radius 3 is 2.39 bits per heavy atom. The first-order valence-corrected chi connectivity index (χ1v) is 11.0. The van der Waals surface area contributed by atoms with Gasteiger partial charge < -0.3 is 15.1 Å². The summed E-state index contributed by atoms with van der Waals surface area (Å²) in [6, 6.07) is 15.9. The number of nitrogens with zero attached hydrogens (tertiary/aromatic N) is 3. The first-order chi connectivity index (χ1) is 15.1. The fraction of sp³-hybridized carbons (Fsp3) is 0.261. The van der Waals surface area contributed by atoms with Gasteiger partial charge in [-0.15, -0.1) is 11.3 Å². The molecule has 1 saturated heterocycles. The van der Waals surface area contributed by atoms with E-state index in [1.165, 1.54) is 23.5 Å². The van der Waals surface area contributed by atoms with Crippen LogP contribution in [0, 0.1) is 5.82 Å². The van der Waals surface area contributed by atoms with Crippen molar-refractivity contribution in [1.82, 2.24) is 9.88 Å². The van der Waals surface area contributed by atoms with Crippen molar-refractivity contribution in [3.63, 3.8) is 0 Å². The van der Waals surface area contributed by atoms with Crippen molar-refractivity contribution in [2.24, 2.45) is 0 Å². The number of hydrogen-bond donors (Lipinski definition) is 1. The van der Waals surface area contributed by atoms with Crippen LogP contribution in [0.3, 0.4) is 0 Å². The minimum atomic E-state index is -0.253. The largest absolute Gasteiger partial charge is 0.368 e. The van der Waals surface area contributed by atoms with E-state index < -0.39 is 0 Å². The number of aromatic nitrogens is 1. The second-order valence-corrected chi connectivity index (χ2v) is 8.23. The second-order valence-electron chi connectivity index (χ2n) is 7.38. The van der Waals surface area contributed by atoms with Crippen molar-refractivity contribution in [3.8, 4) is 0 Å². The van der Waals surface area contributed by atoms with Gasteiger partial charge in [-0.1, -0.05) is 30.3 Å². The van der Waals surface area contributed by atoms with Crippen molar-refractivity contribution in [3.05, 3.63) is 77.1 Å². The van der Waals surface area contributed by atoms with Gasteiger partial charge in [0.2, 0.25) is 11.8 Å². The van der Waals surface area contributed by atoms with E-state index in [2.05, 4.69) is 15.2 Å². The third-order valence-corrected chi connectivity index (χ3v) is 5.97. The molecule has 8 heteroatoms. The lowest BCUT2D eigenvalue weighted by atomic mass is 10.1. The number of hydrogen-bond acceptors (Lipinski definition) is 5. The van der Waals surface area contributed by atoms with Crippen molar-refractivity contribution in [1.29, 1.82) is 0 Å². The van der Waals surface area contributed by atoms with E-state index >= 15 is 0 Å². The van der Waals surface area contributed by atoms with Crippen LogP contribution in [0.25, 0.3) is 0 Å². The molecule has 1 aromatic heterocycles. The van der Waals surface area contributed by atoms with Gasteiger partial charge in [-0.3, -0.25) is 9.59 Å². The first-order valence-electron chi connectivity index (χ1n) is 10.1. The highest BCUT2D eigenvalue weighted by molar-refractivity contribution is 7.13. The average molecular weight is 439 g/mol. The molecule has 0 saturated carbocycles. The summed E-state index contributed by atoms with van der Waals surface area (Å²) < 4.78 is 13.1. The maximum atomic E-state index is 13.1. The summed E-state index contributed by atoms with van der Waals surface area (Å²) in [5.74, 6) is -0.363. The Kier molecular flexibility index (Phi) is 6.57. The highest BCUT2D eigenvalue weighted by Gasteiger charge is 2.22. The Balaban J connectivity index is 1.25. The average Bonchev–Trinajstić information content (AvgIpc) is 3.21. The maximum Gasteiger partial charge on any atom is 0.230 e. The Morgan fingerprint density at radius 1 is 0.968 bits per heavy atom. The molecule has 2 amide bonds. The molecule has 3 aromatic rings. The third-order valence-electron chi connectivity index (χ3n) is 5.16. The molecule has 0 spiro atoms. The normalized spacial score (nSPS) is 13.8. The molecule has 1 aliphatic rings. The lowest BCUT2D eigenvalue weighted by Gasteiger charge is -2.36. The van der Waals surface area contributed by atoms with Gasteiger partial charge in [0.1, 0.15) is 5.82 Å². The van der Waals surface area contributed by atoms with Crippen molar-refractivity contribution < 1.29 is 14.0 Å². The third kappa shape index (κ3) is 5.67. The molecule has 160 valence electrons. The number of amides is 2. The summed E-state index contributed by atoms with van der Waals surface area (Å²) >= 11 is 1.32. The van der Waals surface area contributed by atoms with E-state index in [9.17, 15) is 14.0 Å². The van der Waals surface area contributed by atoms with E-state index in [1.54, 1.807) is 12.1 Å². The molecule has 1 N–H and O–H groups in total. The predicted octanol–water partition coefficient (Wildman–Crippen LogP) is 3.35. The zero-order valence-corrected chi connectivity index (χ0v) is 17.8. The molecule has 0 bridgehead atoms. The summed E-state index contributed by atoms with van der Waals surface area (Å²) in [7, 11) is 0. The monoisotopic (exact) mass is 438 g/mol. The molecule has 0 aliphatic carbocycles. The molecule has 1 aliphatic heterocycles. The van der Waals surface area contributed by atoms with Crippen LogP contribution in [0.15, 0.2) is 60.0 Å².